The molecule has 0 spiro atoms. The molecule has 2 rings (SSSR count). The van der Waals surface area contributed by atoms with Gasteiger partial charge in [-0.2, -0.15) is 5.10 Å². The Balaban J connectivity index is 2.15. The van der Waals surface area contributed by atoms with Gasteiger partial charge in [-0.15, -0.1) is 0 Å². The summed E-state index contributed by atoms with van der Waals surface area (Å²) in [4.78, 5) is 0. The van der Waals surface area contributed by atoms with E-state index < -0.39 is 0 Å². The van der Waals surface area contributed by atoms with Crippen molar-refractivity contribution in [1.29, 1.82) is 0 Å². The Hall–Kier alpha value is -0.720. The van der Waals surface area contributed by atoms with Gasteiger partial charge in [-0.3, -0.25) is 5.10 Å². The van der Waals surface area contributed by atoms with Crippen molar-refractivity contribution >= 4 is 12.2 Å². The van der Waals surface area contributed by atoms with E-state index in [1.165, 1.54) is 0 Å². The lowest BCUT2D eigenvalue weighted by Crippen LogP contribution is -2.19. The maximum Gasteiger partial charge on any atom is 0.195 e. The van der Waals surface area contributed by atoms with E-state index in [-0.39, 0.29) is 12.7 Å². The lowest BCUT2D eigenvalue weighted by Gasteiger charge is -2.15. The molecule has 0 saturated carbocycles. The molecule has 2 atom stereocenters. The lowest BCUT2D eigenvalue weighted by atomic mass is 10.0. The van der Waals surface area contributed by atoms with Crippen molar-refractivity contribution in [3.05, 3.63) is 10.6 Å². The van der Waals surface area contributed by atoms with Gasteiger partial charge in [0.1, 0.15) is 6.61 Å². The molecule has 1 aromatic heterocycles. The van der Waals surface area contributed by atoms with Gasteiger partial charge in [-0.05, 0) is 25.6 Å². The Bertz CT molecular complexity index is 387. The molecule has 6 heteroatoms. The van der Waals surface area contributed by atoms with Crippen molar-refractivity contribution < 1.29 is 9.84 Å². The van der Waals surface area contributed by atoms with Gasteiger partial charge in [-0.1, -0.05) is 0 Å². The van der Waals surface area contributed by atoms with Crippen LogP contribution in [-0.4, -0.2) is 32.6 Å². The number of nitrogens with zero attached hydrogens (tertiary/aromatic N) is 2. The zero-order valence-electron chi connectivity index (χ0n) is 8.64. The highest BCUT2D eigenvalue weighted by Crippen LogP contribution is 2.22. The topological polar surface area (TPSA) is 63.1 Å². The zero-order valence-corrected chi connectivity index (χ0v) is 9.46. The van der Waals surface area contributed by atoms with E-state index in [1.54, 1.807) is 0 Å². The number of ether oxygens (including phenoxy) is 1. The first-order valence-electron chi connectivity index (χ1n) is 5.09. The molecule has 1 aliphatic rings. The fraction of sp³-hybridized carbons (Fsp3) is 0.778. The van der Waals surface area contributed by atoms with Crippen molar-refractivity contribution in [2.75, 3.05) is 6.61 Å². The Morgan fingerprint density at radius 3 is 3.13 bits per heavy atom. The van der Waals surface area contributed by atoms with Crippen LogP contribution in [0.15, 0.2) is 0 Å². The van der Waals surface area contributed by atoms with Gasteiger partial charge in [0, 0.05) is 19.1 Å². The number of H-pyrrole nitrogens is 1. The van der Waals surface area contributed by atoms with Gasteiger partial charge < -0.3 is 14.4 Å². The standard InChI is InChI=1S/C9H15N3O2S/c1-6-7(2-3-14-6)4-12-8(5-13)10-11-9(12)15/h6-7,13H,2-5H2,1H3,(H,11,15). The number of nitrogens with one attached hydrogen (secondary N) is 1. The molecule has 0 aliphatic carbocycles. The van der Waals surface area contributed by atoms with Crippen molar-refractivity contribution in [3.8, 4) is 0 Å². The van der Waals surface area contributed by atoms with Crippen LogP contribution in [0.1, 0.15) is 19.2 Å². The quantitative estimate of drug-likeness (QED) is 0.755. The van der Waals surface area contributed by atoms with Crippen LogP contribution in [0.3, 0.4) is 0 Å². The summed E-state index contributed by atoms with van der Waals surface area (Å²) in [6.45, 7) is 3.56. The molecule has 1 saturated heterocycles. The highest BCUT2D eigenvalue weighted by atomic mass is 32.1. The maximum absolute atomic E-state index is 9.09. The number of rotatable bonds is 3. The third kappa shape index (κ3) is 2.11. The van der Waals surface area contributed by atoms with E-state index in [0.29, 0.717) is 16.5 Å². The van der Waals surface area contributed by atoms with Crippen molar-refractivity contribution in [2.45, 2.75) is 32.6 Å². The first-order chi connectivity index (χ1) is 7.22. The van der Waals surface area contributed by atoms with Crippen LogP contribution in [0.4, 0.5) is 0 Å². The molecule has 2 N–H and O–H groups in total. The molecule has 0 radical (unpaired) electrons. The highest BCUT2D eigenvalue weighted by Gasteiger charge is 2.25. The molecule has 0 bridgehead atoms. The Kier molecular flexibility index (Phi) is 3.18. The number of aliphatic hydroxyl groups excluding tert-OH is 1. The average Bonchev–Trinajstić information content (AvgIpc) is 2.77. The predicted molar refractivity (Wildman–Crippen MR) is 56.9 cm³/mol. The SMILES string of the molecule is CC1OCCC1Cn1c(CO)n[nH]c1=S. The summed E-state index contributed by atoms with van der Waals surface area (Å²) < 4.78 is 7.91. The minimum Gasteiger partial charge on any atom is -0.388 e. The molecule has 0 amide bonds. The van der Waals surface area contributed by atoms with Gasteiger partial charge in [0.2, 0.25) is 0 Å². The third-order valence-corrected chi connectivity index (χ3v) is 3.24. The molecule has 1 aliphatic heterocycles. The summed E-state index contributed by atoms with van der Waals surface area (Å²) in [6, 6.07) is 0. The van der Waals surface area contributed by atoms with Crippen LogP contribution in [0.25, 0.3) is 0 Å². The second kappa shape index (κ2) is 4.42. The van der Waals surface area contributed by atoms with E-state index in [1.807, 2.05) is 4.57 Å². The minimum atomic E-state index is -0.0882. The molecular weight excluding hydrogens is 214 g/mol. The lowest BCUT2D eigenvalue weighted by molar-refractivity contribution is 0.101. The Morgan fingerprint density at radius 1 is 1.73 bits per heavy atom. The van der Waals surface area contributed by atoms with Crippen LogP contribution >= 0.6 is 12.2 Å². The number of aromatic nitrogens is 3. The molecule has 1 fully saturated rings. The summed E-state index contributed by atoms with van der Waals surface area (Å²) in [5.74, 6) is 1.05. The molecular formula is C9H15N3O2S. The number of aromatic amines is 1. The van der Waals surface area contributed by atoms with Crippen molar-refractivity contribution in [1.82, 2.24) is 14.8 Å². The van der Waals surface area contributed by atoms with Gasteiger partial charge >= 0.3 is 0 Å². The maximum atomic E-state index is 9.09. The predicted octanol–water partition coefficient (Wildman–Crippen LogP) is 0.858. The van der Waals surface area contributed by atoms with Crippen LogP contribution in [0.5, 0.6) is 0 Å². The van der Waals surface area contributed by atoms with Gasteiger partial charge in [-0.25, -0.2) is 0 Å². The summed E-state index contributed by atoms with van der Waals surface area (Å²) in [6.07, 6.45) is 1.30. The van der Waals surface area contributed by atoms with Gasteiger partial charge in [0.05, 0.1) is 6.10 Å². The van der Waals surface area contributed by atoms with Crippen LogP contribution in [0, 0.1) is 10.7 Å². The van der Waals surface area contributed by atoms with Crippen LogP contribution in [-0.2, 0) is 17.9 Å². The number of aliphatic hydroxyl groups is 1. The Labute approximate surface area is 93.1 Å². The zero-order chi connectivity index (χ0) is 10.8. The molecule has 15 heavy (non-hydrogen) atoms. The third-order valence-electron chi connectivity index (χ3n) is 2.93. The van der Waals surface area contributed by atoms with Crippen molar-refractivity contribution in [3.63, 3.8) is 0 Å². The molecule has 0 aromatic carbocycles. The molecule has 1 aromatic rings. The van der Waals surface area contributed by atoms with Gasteiger partial charge in [0.25, 0.3) is 0 Å². The first kappa shape index (κ1) is 10.8. The van der Waals surface area contributed by atoms with Crippen molar-refractivity contribution in [2.24, 2.45) is 5.92 Å². The number of hydrogen-bond donors (Lipinski definition) is 2. The monoisotopic (exact) mass is 229 g/mol. The summed E-state index contributed by atoms with van der Waals surface area (Å²) >= 11 is 5.11. The summed E-state index contributed by atoms with van der Waals surface area (Å²) in [5.41, 5.74) is 0. The van der Waals surface area contributed by atoms with Crippen LogP contribution < -0.4 is 0 Å². The normalized spacial score (nSPS) is 26.0. The largest absolute Gasteiger partial charge is 0.388 e. The summed E-state index contributed by atoms with van der Waals surface area (Å²) in [5, 5.41) is 15.7. The smallest absolute Gasteiger partial charge is 0.195 e. The minimum absolute atomic E-state index is 0.0882. The van der Waals surface area contributed by atoms with E-state index in [2.05, 4.69) is 17.1 Å². The molecule has 2 heterocycles. The molecule has 5 nitrogen and oxygen atoms in total. The van der Waals surface area contributed by atoms with E-state index in [9.17, 15) is 0 Å². The Morgan fingerprint density at radius 2 is 2.53 bits per heavy atom. The molecule has 84 valence electrons. The van der Waals surface area contributed by atoms with E-state index >= 15 is 0 Å². The molecule has 2 unspecified atom stereocenters. The highest BCUT2D eigenvalue weighted by molar-refractivity contribution is 7.71. The fourth-order valence-electron chi connectivity index (χ4n) is 1.91. The second-order valence-corrected chi connectivity index (χ2v) is 4.23. The van der Waals surface area contributed by atoms with E-state index in [4.69, 9.17) is 22.1 Å². The second-order valence-electron chi connectivity index (χ2n) is 3.84. The average molecular weight is 229 g/mol. The first-order valence-corrected chi connectivity index (χ1v) is 5.49. The summed E-state index contributed by atoms with van der Waals surface area (Å²) in [7, 11) is 0. The fourth-order valence-corrected chi connectivity index (χ4v) is 2.14. The van der Waals surface area contributed by atoms with E-state index in [0.717, 1.165) is 19.6 Å². The number of hydrogen-bond acceptors (Lipinski definition) is 4. The van der Waals surface area contributed by atoms with Gasteiger partial charge in [0.15, 0.2) is 10.6 Å². The van der Waals surface area contributed by atoms with Crippen LogP contribution in [0.2, 0.25) is 0 Å².